The van der Waals surface area contributed by atoms with Crippen LogP contribution in [-0.4, -0.2) is 34.8 Å². The number of aromatic nitrogens is 3. The molecule has 25 heavy (non-hydrogen) atoms. The molecule has 6 nitrogen and oxygen atoms in total. The van der Waals surface area contributed by atoms with Gasteiger partial charge in [0.15, 0.2) is 5.82 Å². The van der Waals surface area contributed by atoms with Crippen molar-refractivity contribution in [1.82, 2.24) is 14.9 Å². The molecule has 3 aromatic rings. The summed E-state index contributed by atoms with van der Waals surface area (Å²) in [7, 11) is 1.63. The van der Waals surface area contributed by atoms with Gasteiger partial charge in [-0.05, 0) is 49.0 Å². The maximum Gasteiger partial charge on any atom is 0.216 e. The van der Waals surface area contributed by atoms with Gasteiger partial charge in [-0.15, -0.1) is 0 Å². The summed E-state index contributed by atoms with van der Waals surface area (Å²) in [5, 5.41) is 11.6. The van der Waals surface area contributed by atoms with E-state index >= 15 is 0 Å². The van der Waals surface area contributed by atoms with Crippen LogP contribution in [0.5, 0.6) is 11.5 Å². The summed E-state index contributed by atoms with van der Waals surface area (Å²) >= 11 is 5.31. The van der Waals surface area contributed by atoms with Gasteiger partial charge in [0, 0.05) is 0 Å². The highest BCUT2D eigenvalue weighted by Crippen LogP contribution is 2.28. The average molecular weight is 354 g/mol. The second-order valence-corrected chi connectivity index (χ2v) is 5.50. The fourth-order valence-electron chi connectivity index (χ4n) is 2.35. The number of methoxy groups -OCH3 is 1. The highest BCUT2D eigenvalue weighted by atomic mass is 32.1. The van der Waals surface area contributed by atoms with E-state index < -0.39 is 0 Å². The molecule has 0 atom stereocenters. The highest BCUT2D eigenvalue weighted by Gasteiger charge is 2.13. The van der Waals surface area contributed by atoms with Crippen molar-refractivity contribution in [2.75, 3.05) is 13.7 Å². The van der Waals surface area contributed by atoms with Crippen LogP contribution in [0.3, 0.4) is 0 Å². The Balaban J connectivity index is 2.00. The molecule has 0 spiro atoms. The molecule has 0 bridgehead atoms. The Bertz CT molecular complexity index is 946. The maximum atomic E-state index is 5.68. The Kier molecular flexibility index (Phi) is 5.25. The molecule has 0 saturated carbocycles. The van der Waals surface area contributed by atoms with E-state index in [1.807, 2.05) is 55.5 Å². The van der Waals surface area contributed by atoms with Gasteiger partial charge in [-0.1, -0.05) is 24.3 Å². The van der Waals surface area contributed by atoms with E-state index in [0.29, 0.717) is 17.2 Å². The third kappa shape index (κ3) is 3.77. The predicted octanol–water partition coefficient (Wildman–Crippen LogP) is 3.90. The largest absolute Gasteiger partial charge is 0.497 e. The first-order valence-corrected chi connectivity index (χ1v) is 8.21. The summed E-state index contributed by atoms with van der Waals surface area (Å²) in [6.45, 7) is 2.50. The molecule has 1 heterocycles. The number of benzene rings is 2. The van der Waals surface area contributed by atoms with Gasteiger partial charge in [0.25, 0.3) is 0 Å². The molecule has 0 aliphatic heterocycles. The summed E-state index contributed by atoms with van der Waals surface area (Å²) in [6, 6.07) is 15.3. The molecule has 0 unspecified atom stereocenters. The van der Waals surface area contributed by atoms with E-state index in [9.17, 15) is 0 Å². The average Bonchev–Trinajstić information content (AvgIpc) is 3.01. The van der Waals surface area contributed by atoms with Gasteiger partial charge in [-0.3, -0.25) is 0 Å². The second kappa shape index (κ2) is 7.76. The lowest BCUT2D eigenvalue weighted by atomic mass is 10.2. The minimum atomic E-state index is 0.403. The molecule has 0 aliphatic carbocycles. The van der Waals surface area contributed by atoms with Gasteiger partial charge >= 0.3 is 0 Å². The van der Waals surface area contributed by atoms with Crippen molar-refractivity contribution >= 4 is 18.4 Å². The lowest BCUT2D eigenvalue weighted by Gasteiger charge is -2.08. The zero-order valence-electron chi connectivity index (χ0n) is 14.0. The number of hydrogen-bond acceptors (Lipinski definition) is 5. The first kappa shape index (κ1) is 16.9. The lowest BCUT2D eigenvalue weighted by molar-refractivity contribution is 0.341. The third-order valence-electron chi connectivity index (χ3n) is 3.49. The van der Waals surface area contributed by atoms with Crippen LogP contribution in [-0.2, 0) is 0 Å². The van der Waals surface area contributed by atoms with Crippen LogP contribution in [0.4, 0.5) is 0 Å². The minimum absolute atomic E-state index is 0.403. The summed E-state index contributed by atoms with van der Waals surface area (Å²) in [5.41, 5.74) is 1.71. The smallest absolute Gasteiger partial charge is 0.216 e. The minimum Gasteiger partial charge on any atom is -0.497 e. The number of rotatable bonds is 6. The van der Waals surface area contributed by atoms with Gasteiger partial charge in [0.1, 0.15) is 11.5 Å². The van der Waals surface area contributed by atoms with E-state index in [0.717, 1.165) is 22.6 Å². The molecule has 0 saturated heterocycles. The Morgan fingerprint density at radius 2 is 2.08 bits per heavy atom. The van der Waals surface area contributed by atoms with Crippen LogP contribution in [0.25, 0.3) is 11.4 Å². The van der Waals surface area contributed by atoms with E-state index in [1.54, 1.807) is 18.0 Å². The van der Waals surface area contributed by atoms with E-state index in [-0.39, 0.29) is 0 Å². The van der Waals surface area contributed by atoms with Gasteiger partial charge < -0.3 is 9.47 Å². The summed E-state index contributed by atoms with van der Waals surface area (Å²) in [6.07, 6.45) is 1.71. The SMILES string of the molecule is CCOc1ccccc1-c1n[nH]c(=S)n1/N=C\c1cccc(OC)c1. The molecule has 0 aliphatic rings. The number of H-pyrrole nitrogens is 1. The Labute approximate surface area is 150 Å². The first-order chi connectivity index (χ1) is 12.2. The lowest BCUT2D eigenvalue weighted by Crippen LogP contribution is -1.99. The van der Waals surface area contributed by atoms with Crippen molar-refractivity contribution in [3.8, 4) is 22.9 Å². The molecule has 0 radical (unpaired) electrons. The number of ether oxygens (including phenoxy) is 2. The van der Waals surface area contributed by atoms with Crippen LogP contribution in [0.15, 0.2) is 53.6 Å². The Hall–Kier alpha value is -2.93. The van der Waals surface area contributed by atoms with Crippen LogP contribution in [0.1, 0.15) is 12.5 Å². The van der Waals surface area contributed by atoms with Crippen LogP contribution in [0.2, 0.25) is 0 Å². The summed E-state index contributed by atoms with van der Waals surface area (Å²) in [4.78, 5) is 0. The van der Waals surface area contributed by atoms with Crippen molar-refractivity contribution in [3.63, 3.8) is 0 Å². The number of hydrogen-bond donors (Lipinski definition) is 1. The van der Waals surface area contributed by atoms with Crippen molar-refractivity contribution in [2.24, 2.45) is 5.10 Å². The number of para-hydroxylation sites is 1. The molecule has 1 aromatic heterocycles. The van der Waals surface area contributed by atoms with Crippen molar-refractivity contribution in [3.05, 3.63) is 58.9 Å². The highest BCUT2D eigenvalue weighted by molar-refractivity contribution is 7.71. The van der Waals surface area contributed by atoms with Gasteiger partial charge in [-0.25, -0.2) is 5.10 Å². The molecular weight excluding hydrogens is 336 g/mol. The van der Waals surface area contributed by atoms with Crippen molar-refractivity contribution in [2.45, 2.75) is 6.92 Å². The molecule has 3 rings (SSSR count). The van der Waals surface area contributed by atoms with Crippen LogP contribution < -0.4 is 9.47 Å². The van der Waals surface area contributed by atoms with E-state index in [2.05, 4.69) is 15.3 Å². The fraction of sp³-hybridized carbons (Fsp3) is 0.167. The normalized spacial score (nSPS) is 11.0. The molecule has 128 valence electrons. The van der Waals surface area contributed by atoms with Crippen LogP contribution >= 0.6 is 12.2 Å². The third-order valence-corrected chi connectivity index (χ3v) is 3.76. The number of nitrogens with one attached hydrogen (secondary N) is 1. The zero-order chi connectivity index (χ0) is 17.6. The molecule has 1 N–H and O–H groups in total. The molecule has 0 amide bonds. The van der Waals surface area contributed by atoms with Gasteiger partial charge in [0.2, 0.25) is 4.77 Å². The Morgan fingerprint density at radius 1 is 1.24 bits per heavy atom. The monoisotopic (exact) mass is 354 g/mol. The van der Waals surface area contributed by atoms with E-state index in [4.69, 9.17) is 21.7 Å². The fourth-order valence-corrected chi connectivity index (χ4v) is 2.53. The van der Waals surface area contributed by atoms with Crippen molar-refractivity contribution in [1.29, 1.82) is 0 Å². The Morgan fingerprint density at radius 3 is 2.88 bits per heavy atom. The molecule has 2 aromatic carbocycles. The second-order valence-electron chi connectivity index (χ2n) is 5.11. The number of nitrogens with zero attached hydrogens (tertiary/aromatic N) is 3. The number of aromatic amines is 1. The van der Waals surface area contributed by atoms with Gasteiger partial charge in [-0.2, -0.15) is 14.9 Å². The zero-order valence-corrected chi connectivity index (χ0v) is 14.8. The molecule has 0 fully saturated rings. The van der Waals surface area contributed by atoms with Crippen molar-refractivity contribution < 1.29 is 9.47 Å². The van der Waals surface area contributed by atoms with Gasteiger partial charge in [0.05, 0.1) is 25.5 Å². The summed E-state index contributed by atoms with van der Waals surface area (Å²) < 4.78 is 12.9. The maximum absolute atomic E-state index is 5.68. The standard InChI is InChI=1S/C18H18N4O2S/c1-3-24-16-10-5-4-9-15(16)17-20-21-18(25)22(17)19-12-13-7-6-8-14(11-13)23-2/h4-12H,3H2,1-2H3,(H,21,25)/b19-12-. The molecular formula is C18H18N4O2S. The molecule has 7 heteroatoms. The summed E-state index contributed by atoms with van der Waals surface area (Å²) in [5.74, 6) is 2.09. The quantitative estimate of drug-likeness (QED) is 0.539. The van der Waals surface area contributed by atoms with Crippen LogP contribution in [0, 0.1) is 4.77 Å². The first-order valence-electron chi connectivity index (χ1n) is 7.81. The topological polar surface area (TPSA) is 64.4 Å². The predicted molar refractivity (Wildman–Crippen MR) is 100 cm³/mol. The van der Waals surface area contributed by atoms with E-state index in [1.165, 1.54) is 0 Å².